The molecule has 0 aromatic carbocycles. The Bertz CT molecular complexity index is 526. The van der Waals surface area contributed by atoms with Crippen molar-refractivity contribution in [1.82, 2.24) is 3.80 Å². The molecule has 0 aromatic rings. The summed E-state index contributed by atoms with van der Waals surface area (Å²) >= 11 is -3.54. The summed E-state index contributed by atoms with van der Waals surface area (Å²) in [5.74, 6) is 0. The van der Waals surface area contributed by atoms with Crippen molar-refractivity contribution in [1.29, 1.82) is 0 Å². The monoisotopic (exact) mass is 406 g/mol. The van der Waals surface area contributed by atoms with Crippen molar-refractivity contribution in [3.8, 4) is 0 Å². The second-order valence-corrected chi connectivity index (χ2v) is 49.8. The Labute approximate surface area is 144 Å². The number of allylic oxidation sites excluding steroid dienone is 4. The van der Waals surface area contributed by atoms with Crippen molar-refractivity contribution in [2.24, 2.45) is 0 Å². The average molecular weight is 407 g/mol. The van der Waals surface area contributed by atoms with E-state index >= 15 is 0 Å². The van der Waals surface area contributed by atoms with E-state index in [1.54, 1.807) is 3.88 Å². The van der Waals surface area contributed by atoms with Crippen LogP contribution in [-0.4, -0.2) is 31.5 Å². The van der Waals surface area contributed by atoms with Crippen LogP contribution >= 0.6 is 24.8 Å². The van der Waals surface area contributed by atoms with E-state index in [4.69, 9.17) is 0 Å². The van der Waals surface area contributed by atoms with Gasteiger partial charge in [0.2, 0.25) is 0 Å². The Balaban J connectivity index is 0. The van der Waals surface area contributed by atoms with Crippen LogP contribution in [0.3, 0.4) is 0 Å². The zero-order chi connectivity index (χ0) is 15.0. The molecule has 0 amide bonds. The van der Waals surface area contributed by atoms with E-state index in [1.165, 1.54) is 0 Å². The fraction of sp³-hybridized carbons (Fsp3) is 0.714. The molecule has 7 heteroatoms. The first-order chi connectivity index (χ1) is 8.40. The predicted molar refractivity (Wildman–Crippen MR) is 104 cm³/mol. The van der Waals surface area contributed by atoms with Crippen LogP contribution < -0.4 is 3.80 Å². The van der Waals surface area contributed by atoms with Gasteiger partial charge in [-0.2, -0.15) is 0 Å². The molecule has 1 aliphatic rings. The molecule has 1 rings (SSSR count). The molecule has 0 atom stereocenters. The molecule has 2 nitrogen and oxygen atoms in total. The topological polar surface area (TPSA) is 32.3 Å². The smallest absolute Gasteiger partial charge is 0.147 e. The van der Waals surface area contributed by atoms with Gasteiger partial charge in [-0.15, -0.1) is 24.8 Å². The van der Waals surface area contributed by atoms with Crippen molar-refractivity contribution in [3.63, 3.8) is 0 Å². The van der Waals surface area contributed by atoms with Gasteiger partial charge in [-0.1, -0.05) is 0 Å². The van der Waals surface area contributed by atoms with Gasteiger partial charge < -0.3 is 0 Å². The summed E-state index contributed by atoms with van der Waals surface area (Å²) in [5.41, 5.74) is 0.0943. The fourth-order valence-electron chi connectivity index (χ4n) is 3.88. The normalized spacial score (nSPS) is 18.4. The summed E-state index contributed by atoms with van der Waals surface area (Å²) in [6.07, 6.45) is 7.90. The van der Waals surface area contributed by atoms with Crippen LogP contribution in [-0.2, 0) is 12.3 Å². The van der Waals surface area contributed by atoms with Gasteiger partial charge in [-0.3, -0.25) is 0 Å². The maximum absolute atomic E-state index is 9.82. The third-order valence-electron chi connectivity index (χ3n) is 5.61. The van der Waals surface area contributed by atoms with Crippen molar-refractivity contribution in [3.05, 3.63) is 22.1 Å². The number of halogens is 2. The van der Waals surface area contributed by atoms with Gasteiger partial charge in [0.1, 0.15) is 0 Å². The number of hydrogen-bond acceptors (Lipinski definition) is 2. The molecule has 0 aromatic heterocycles. The maximum atomic E-state index is 9.82. The Morgan fingerprint density at radius 1 is 1.33 bits per heavy atom. The molecule has 1 aliphatic carbocycles. The summed E-state index contributed by atoms with van der Waals surface area (Å²) in [5, 5.41) is 12.4. The van der Waals surface area contributed by atoms with E-state index in [1.807, 2.05) is 0 Å². The zero-order valence-corrected chi connectivity index (χ0v) is 20.2. The molecular weight excluding hydrogens is 373 g/mol. The van der Waals surface area contributed by atoms with Gasteiger partial charge >= 0.3 is 120 Å². The first-order valence-corrected chi connectivity index (χ1v) is 21.3. The first-order valence-electron chi connectivity index (χ1n) is 7.43. The van der Waals surface area contributed by atoms with Crippen LogP contribution in [0, 0.1) is 0 Å². The van der Waals surface area contributed by atoms with Crippen LogP contribution in [0.2, 0.25) is 23.0 Å². The molecule has 0 bridgehead atoms. The molecule has 21 heavy (non-hydrogen) atoms. The molecule has 0 saturated heterocycles. The van der Waals surface area contributed by atoms with Gasteiger partial charge in [0.25, 0.3) is 0 Å². The molecule has 0 fully saturated rings. The van der Waals surface area contributed by atoms with E-state index in [2.05, 4.69) is 68.8 Å². The minimum atomic E-state index is -3.54. The minimum absolute atomic E-state index is 0. The van der Waals surface area contributed by atoms with Crippen LogP contribution in [0.5, 0.6) is 0 Å². The average Bonchev–Trinajstić information content (AvgIpc) is 2.67. The van der Waals surface area contributed by atoms with Crippen molar-refractivity contribution < 1.29 is 17.4 Å². The molecule has 0 aliphatic heterocycles. The molecule has 2 N–H and O–H groups in total. The summed E-state index contributed by atoms with van der Waals surface area (Å²) in [4.78, 5) is 0. The second kappa shape index (κ2) is 6.94. The third kappa shape index (κ3) is 4.36. The van der Waals surface area contributed by atoms with Gasteiger partial charge in [0.05, 0.1) is 0 Å². The van der Waals surface area contributed by atoms with E-state index in [9.17, 15) is 5.11 Å². The van der Waals surface area contributed by atoms with Crippen LogP contribution in [0.1, 0.15) is 27.2 Å². The molecule has 0 unspecified atom stereocenters. The Kier molecular flexibility index (Phi) is 8.05. The zero-order valence-electron chi connectivity index (χ0n) is 14.4. The van der Waals surface area contributed by atoms with Crippen molar-refractivity contribution in [2.45, 2.75) is 55.8 Å². The number of nitrogens with one attached hydrogen (secondary N) is 1. The predicted octanol–water partition coefficient (Wildman–Crippen LogP) is 3.19. The van der Waals surface area contributed by atoms with Crippen molar-refractivity contribution in [2.75, 3.05) is 6.61 Å². The Hall–Kier alpha value is 1.13. The largest absolute Gasteiger partial charge is 0.147 e. The first kappa shape index (κ1) is 24.4. The SMILES string of the molecule is C[SiH](C)[Ti]([CH3])(=[SiH2])([CH2]CO)([NH]C(C)(C)C)[C]1=CC=CC1.Cl.Cl. The van der Waals surface area contributed by atoms with Crippen molar-refractivity contribution >= 4 is 39.1 Å². The molecule has 127 valence electrons. The molecule has 0 spiro atoms. The summed E-state index contributed by atoms with van der Waals surface area (Å²) in [6, 6.07) is 0. The van der Waals surface area contributed by atoms with E-state index < -0.39 is 18.9 Å². The van der Waals surface area contributed by atoms with Gasteiger partial charge in [0, 0.05) is 0 Å². The third-order valence-corrected chi connectivity index (χ3v) is 55.0. The number of aliphatic hydroxyl groups is 1. The standard InChI is InChI=1S/C5H5.C4H10N.C2H5O.C2H7Si.CH3.2ClH.H2Si.Ti/c1-2-4-5-3-1;1-4(2,3)5;1-2-3;1-3-2;;;;;/h1-3H,4H2;5H,1-3H3;3H,1-2H2;3H,1-2H3;1H3;2*1H;1H2;/q;-1;;;;;;;+1. The number of rotatable bonds is 5. The van der Waals surface area contributed by atoms with Gasteiger partial charge in [-0.05, 0) is 0 Å². The summed E-state index contributed by atoms with van der Waals surface area (Å²) < 4.78 is 6.75. The van der Waals surface area contributed by atoms with E-state index in [0.717, 1.165) is 11.1 Å². The van der Waals surface area contributed by atoms with Gasteiger partial charge in [0.15, 0.2) is 0 Å². The van der Waals surface area contributed by atoms with Gasteiger partial charge in [-0.25, -0.2) is 0 Å². The Morgan fingerprint density at radius 3 is 2.14 bits per heavy atom. The van der Waals surface area contributed by atoms with Crippen LogP contribution in [0.25, 0.3) is 0 Å². The quantitative estimate of drug-likeness (QED) is 0.687. The minimum Gasteiger partial charge on any atom is -0.147 e. The summed E-state index contributed by atoms with van der Waals surface area (Å²) in [7, 11) is 2.27. The Morgan fingerprint density at radius 2 is 1.86 bits per heavy atom. The van der Waals surface area contributed by atoms with E-state index in [-0.39, 0.29) is 30.4 Å². The maximum Gasteiger partial charge on any atom is -0.147 e. The number of aliphatic hydroxyl groups excluding tert-OH is 1. The summed E-state index contributed by atoms with van der Waals surface area (Å²) in [6.45, 7) is 11.1. The molecular formula is C14H34Cl2NOSi2Ti. The van der Waals surface area contributed by atoms with Crippen LogP contribution in [0.4, 0.5) is 0 Å². The van der Waals surface area contributed by atoms with Crippen LogP contribution in [0.15, 0.2) is 22.1 Å². The van der Waals surface area contributed by atoms with E-state index in [0.29, 0.717) is 6.61 Å². The fourth-order valence-corrected chi connectivity index (χ4v) is 28.7. The molecule has 0 saturated carbocycles. The second-order valence-electron chi connectivity index (χ2n) is 8.60. The molecule has 0 radical (unpaired) electrons. The molecule has 0 heterocycles. The number of hydrogen-bond donors (Lipinski definition) is 2.